The fourth-order valence-corrected chi connectivity index (χ4v) is 3.53. The molecule has 1 saturated heterocycles. The average molecular weight is 421 g/mol. The Morgan fingerprint density at radius 3 is 2.35 bits per heavy atom. The summed E-state index contributed by atoms with van der Waals surface area (Å²) in [6.07, 6.45) is 1.49. The second-order valence-electron chi connectivity index (χ2n) is 7.34. The molecular weight excluding hydrogens is 397 g/mol. The van der Waals surface area contributed by atoms with Crippen LogP contribution in [0.3, 0.4) is 0 Å². The highest BCUT2D eigenvalue weighted by Gasteiger charge is 2.20. The molecule has 3 aromatic rings. The number of anilines is 5. The van der Waals surface area contributed by atoms with E-state index in [1.54, 1.807) is 12.1 Å². The maximum atomic E-state index is 13.2. The molecule has 1 amide bonds. The van der Waals surface area contributed by atoms with Crippen molar-refractivity contribution in [2.24, 2.45) is 0 Å². The van der Waals surface area contributed by atoms with Crippen molar-refractivity contribution < 1.29 is 9.18 Å². The van der Waals surface area contributed by atoms with Crippen LogP contribution in [0.1, 0.15) is 12.5 Å². The van der Waals surface area contributed by atoms with E-state index in [0.717, 1.165) is 48.8 Å². The van der Waals surface area contributed by atoms with Gasteiger partial charge in [-0.2, -0.15) is 4.98 Å². The van der Waals surface area contributed by atoms with Crippen LogP contribution in [0.2, 0.25) is 0 Å². The molecule has 8 nitrogen and oxygen atoms in total. The van der Waals surface area contributed by atoms with Crippen molar-refractivity contribution in [1.82, 2.24) is 15.0 Å². The normalized spacial score (nSPS) is 13.8. The minimum Gasteiger partial charge on any atom is -0.368 e. The summed E-state index contributed by atoms with van der Waals surface area (Å²) in [5.74, 6) is 0.689. The van der Waals surface area contributed by atoms with Crippen LogP contribution in [0.5, 0.6) is 0 Å². The van der Waals surface area contributed by atoms with Crippen molar-refractivity contribution in [3.05, 3.63) is 60.2 Å². The SMILES string of the molecule is CC(=O)Nc1cccc(Nc2ncnc(N3CCN(c4ccc(F)cc4)CC3)n2)c1C. The highest BCUT2D eigenvalue weighted by Crippen LogP contribution is 2.26. The Morgan fingerprint density at radius 2 is 1.65 bits per heavy atom. The maximum absolute atomic E-state index is 13.2. The first kappa shape index (κ1) is 20.5. The molecule has 0 spiro atoms. The van der Waals surface area contributed by atoms with Crippen LogP contribution in [0.25, 0.3) is 0 Å². The van der Waals surface area contributed by atoms with Crippen LogP contribution in [0.4, 0.5) is 33.3 Å². The molecule has 1 fully saturated rings. The lowest BCUT2D eigenvalue weighted by Gasteiger charge is -2.36. The van der Waals surface area contributed by atoms with Gasteiger partial charge in [-0.3, -0.25) is 4.79 Å². The molecule has 0 saturated carbocycles. The molecule has 1 aliphatic heterocycles. The molecule has 2 aromatic carbocycles. The van der Waals surface area contributed by atoms with Gasteiger partial charge in [0.05, 0.1) is 0 Å². The summed E-state index contributed by atoms with van der Waals surface area (Å²) < 4.78 is 13.2. The van der Waals surface area contributed by atoms with Gasteiger partial charge in [-0.05, 0) is 48.9 Å². The monoisotopic (exact) mass is 421 g/mol. The molecule has 2 N–H and O–H groups in total. The van der Waals surface area contributed by atoms with Crippen LogP contribution in [-0.2, 0) is 4.79 Å². The summed E-state index contributed by atoms with van der Waals surface area (Å²) >= 11 is 0. The lowest BCUT2D eigenvalue weighted by molar-refractivity contribution is -0.114. The summed E-state index contributed by atoms with van der Waals surface area (Å²) in [6.45, 7) is 6.48. The molecule has 0 aliphatic carbocycles. The fraction of sp³-hybridized carbons (Fsp3) is 0.273. The zero-order chi connectivity index (χ0) is 21.8. The van der Waals surface area contributed by atoms with Crippen LogP contribution in [0.15, 0.2) is 48.8 Å². The van der Waals surface area contributed by atoms with Crippen LogP contribution in [0, 0.1) is 12.7 Å². The first-order chi connectivity index (χ1) is 15.0. The van der Waals surface area contributed by atoms with Gasteiger partial charge in [-0.25, -0.2) is 14.4 Å². The number of aromatic nitrogens is 3. The van der Waals surface area contributed by atoms with Gasteiger partial charge in [0.15, 0.2) is 0 Å². The summed E-state index contributed by atoms with van der Waals surface area (Å²) in [5, 5.41) is 6.04. The summed E-state index contributed by atoms with van der Waals surface area (Å²) in [7, 11) is 0. The van der Waals surface area contributed by atoms with Crippen molar-refractivity contribution in [1.29, 1.82) is 0 Å². The third-order valence-electron chi connectivity index (χ3n) is 5.20. The van der Waals surface area contributed by atoms with Gasteiger partial charge < -0.3 is 20.4 Å². The van der Waals surface area contributed by atoms with E-state index in [2.05, 4.69) is 35.4 Å². The quantitative estimate of drug-likeness (QED) is 0.653. The molecule has 1 aliphatic rings. The number of piperazine rings is 1. The van der Waals surface area contributed by atoms with Gasteiger partial charge in [-0.1, -0.05) is 6.07 Å². The Bertz CT molecular complexity index is 1070. The Labute approximate surface area is 180 Å². The number of amides is 1. The van der Waals surface area contributed by atoms with Crippen LogP contribution >= 0.6 is 0 Å². The molecule has 2 heterocycles. The summed E-state index contributed by atoms with van der Waals surface area (Å²) in [6, 6.07) is 12.2. The molecule has 31 heavy (non-hydrogen) atoms. The number of benzene rings is 2. The Morgan fingerprint density at radius 1 is 0.968 bits per heavy atom. The smallest absolute Gasteiger partial charge is 0.232 e. The predicted octanol–water partition coefficient (Wildman–Crippen LogP) is 3.35. The number of nitrogens with zero attached hydrogens (tertiary/aromatic N) is 5. The molecule has 0 bridgehead atoms. The first-order valence-corrected chi connectivity index (χ1v) is 10.1. The van der Waals surface area contributed by atoms with Gasteiger partial charge in [0.2, 0.25) is 17.8 Å². The van der Waals surface area contributed by atoms with Gasteiger partial charge in [0.1, 0.15) is 12.1 Å². The third kappa shape index (κ3) is 4.88. The third-order valence-corrected chi connectivity index (χ3v) is 5.20. The molecule has 0 unspecified atom stereocenters. The van der Waals surface area contributed by atoms with Crippen LogP contribution in [-0.4, -0.2) is 47.0 Å². The standard InChI is InChI=1S/C22H24FN7O/c1-15-19(26-16(2)31)4-3-5-20(15)27-21-24-14-25-22(28-21)30-12-10-29(11-13-30)18-8-6-17(23)7-9-18/h3-9,14H,10-13H2,1-2H3,(H,26,31)(H,24,25,27,28). The number of halogens is 1. The van der Waals surface area contributed by atoms with Gasteiger partial charge in [0.25, 0.3) is 0 Å². The topological polar surface area (TPSA) is 86.3 Å². The number of hydrogen-bond acceptors (Lipinski definition) is 7. The fourth-order valence-electron chi connectivity index (χ4n) is 3.53. The largest absolute Gasteiger partial charge is 0.368 e. The number of carbonyl (C=O) groups is 1. The van der Waals surface area contributed by atoms with E-state index in [4.69, 9.17) is 0 Å². The van der Waals surface area contributed by atoms with Gasteiger partial charge >= 0.3 is 0 Å². The van der Waals surface area contributed by atoms with Crippen molar-refractivity contribution in [2.75, 3.05) is 46.6 Å². The van der Waals surface area contributed by atoms with Crippen molar-refractivity contribution in [2.45, 2.75) is 13.8 Å². The molecule has 9 heteroatoms. The summed E-state index contributed by atoms with van der Waals surface area (Å²) in [4.78, 5) is 28.9. The second-order valence-corrected chi connectivity index (χ2v) is 7.34. The molecule has 4 rings (SSSR count). The lowest BCUT2D eigenvalue weighted by atomic mass is 10.1. The van der Waals surface area contributed by atoms with E-state index in [0.29, 0.717) is 11.9 Å². The van der Waals surface area contributed by atoms with E-state index < -0.39 is 0 Å². The van der Waals surface area contributed by atoms with Crippen molar-refractivity contribution >= 4 is 34.9 Å². The Hall–Kier alpha value is -3.75. The lowest BCUT2D eigenvalue weighted by Crippen LogP contribution is -2.47. The van der Waals surface area contributed by atoms with Crippen LogP contribution < -0.4 is 20.4 Å². The molecule has 160 valence electrons. The van der Waals surface area contributed by atoms with Gasteiger partial charge in [0, 0.05) is 50.2 Å². The second kappa shape index (κ2) is 8.95. The zero-order valence-corrected chi connectivity index (χ0v) is 17.5. The molecule has 1 aromatic heterocycles. The van der Waals surface area contributed by atoms with E-state index in [9.17, 15) is 9.18 Å². The average Bonchev–Trinajstić information content (AvgIpc) is 2.77. The molecular formula is C22H24FN7O. The minimum absolute atomic E-state index is 0.123. The number of carbonyl (C=O) groups excluding carboxylic acids is 1. The van der Waals surface area contributed by atoms with Crippen molar-refractivity contribution in [3.63, 3.8) is 0 Å². The van der Waals surface area contributed by atoms with Gasteiger partial charge in [-0.15, -0.1) is 0 Å². The number of hydrogen-bond donors (Lipinski definition) is 2. The Balaban J connectivity index is 1.44. The predicted molar refractivity (Wildman–Crippen MR) is 119 cm³/mol. The van der Waals surface area contributed by atoms with Crippen molar-refractivity contribution in [3.8, 4) is 0 Å². The first-order valence-electron chi connectivity index (χ1n) is 10.1. The van der Waals surface area contributed by atoms with E-state index in [-0.39, 0.29) is 11.7 Å². The highest BCUT2D eigenvalue weighted by atomic mass is 19.1. The highest BCUT2D eigenvalue weighted by molar-refractivity contribution is 5.90. The number of rotatable bonds is 5. The maximum Gasteiger partial charge on any atom is 0.232 e. The summed E-state index contributed by atoms with van der Waals surface area (Å²) in [5.41, 5.74) is 3.45. The molecule has 0 radical (unpaired) electrons. The Kier molecular flexibility index (Phi) is 5.92. The van der Waals surface area contributed by atoms with E-state index in [1.165, 1.54) is 25.4 Å². The molecule has 0 atom stereocenters. The number of nitrogens with one attached hydrogen (secondary N) is 2. The minimum atomic E-state index is -0.231. The van der Waals surface area contributed by atoms with E-state index in [1.807, 2.05) is 25.1 Å². The van der Waals surface area contributed by atoms with E-state index >= 15 is 0 Å². The zero-order valence-electron chi connectivity index (χ0n) is 17.5.